The highest BCUT2D eigenvalue weighted by atomic mass is 16.3. The fourth-order valence-corrected chi connectivity index (χ4v) is 0.958. The number of nitrogens with zero attached hydrogens (tertiary/aromatic N) is 2. The van der Waals surface area contributed by atoms with Crippen LogP contribution in [0.2, 0.25) is 0 Å². The maximum Gasteiger partial charge on any atom is 0.296 e. The standard InChI is InChI=1S/C6H9N3O3/c1-3(10)4-6(7,12)5(11)9(2)8-4/h12H,7H2,1-2H3. The second kappa shape index (κ2) is 2.36. The lowest BCUT2D eigenvalue weighted by atomic mass is 10.1. The van der Waals surface area contributed by atoms with Gasteiger partial charge in [0, 0.05) is 14.0 Å². The van der Waals surface area contributed by atoms with Gasteiger partial charge in [-0.2, -0.15) is 5.10 Å². The largest absolute Gasteiger partial charge is 0.363 e. The number of rotatable bonds is 1. The molecule has 0 bridgehead atoms. The van der Waals surface area contributed by atoms with Crippen molar-refractivity contribution >= 4 is 17.4 Å². The Morgan fingerprint density at radius 3 is 2.42 bits per heavy atom. The number of hydrogen-bond acceptors (Lipinski definition) is 5. The van der Waals surface area contributed by atoms with E-state index in [1.165, 1.54) is 14.0 Å². The average Bonchev–Trinajstić information content (AvgIpc) is 2.13. The number of nitrogens with two attached hydrogens (primary N) is 1. The highest BCUT2D eigenvalue weighted by Gasteiger charge is 2.47. The van der Waals surface area contributed by atoms with Crippen LogP contribution >= 0.6 is 0 Å². The summed E-state index contributed by atoms with van der Waals surface area (Å²) in [5.74, 6) is -1.31. The van der Waals surface area contributed by atoms with Crippen molar-refractivity contribution in [2.24, 2.45) is 10.8 Å². The Labute approximate surface area is 68.6 Å². The molecule has 0 aliphatic carbocycles. The first-order valence-corrected chi connectivity index (χ1v) is 3.26. The molecule has 0 aromatic heterocycles. The van der Waals surface area contributed by atoms with E-state index in [4.69, 9.17) is 5.73 Å². The maximum absolute atomic E-state index is 11.0. The summed E-state index contributed by atoms with van der Waals surface area (Å²) in [6.45, 7) is 1.18. The number of carbonyl (C=O) groups excluding carboxylic acids is 2. The minimum absolute atomic E-state index is 0.324. The Morgan fingerprint density at radius 1 is 1.75 bits per heavy atom. The van der Waals surface area contributed by atoms with Gasteiger partial charge in [0.25, 0.3) is 5.91 Å². The molecule has 6 heteroatoms. The molecule has 0 radical (unpaired) electrons. The molecule has 6 nitrogen and oxygen atoms in total. The summed E-state index contributed by atoms with van der Waals surface area (Å²) in [5.41, 5.74) is 2.60. The van der Waals surface area contributed by atoms with Crippen LogP contribution in [0.25, 0.3) is 0 Å². The van der Waals surface area contributed by atoms with Crippen molar-refractivity contribution in [2.75, 3.05) is 7.05 Å². The van der Waals surface area contributed by atoms with Crippen LogP contribution < -0.4 is 5.73 Å². The van der Waals surface area contributed by atoms with Crippen molar-refractivity contribution in [3.63, 3.8) is 0 Å². The van der Waals surface area contributed by atoms with Gasteiger partial charge in [0.1, 0.15) is 0 Å². The van der Waals surface area contributed by atoms with Crippen LogP contribution in [-0.4, -0.2) is 40.3 Å². The predicted octanol–water partition coefficient (Wildman–Crippen LogP) is -1.95. The van der Waals surface area contributed by atoms with Gasteiger partial charge in [-0.3, -0.25) is 15.3 Å². The number of amides is 1. The second-order valence-corrected chi connectivity index (χ2v) is 2.60. The number of Topliss-reactive ketones (excluding diaryl/α,β-unsaturated/α-hetero) is 1. The topological polar surface area (TPSA) is 96.0 Å². The molecule has 12 heavy (non-hydrogen) atoms. The van der Waals surface area contributed by atoms with Crippen LogP contribution in [0.4, 0.5) is 0 Å². The Hall–Kier alpha value is -1.27. The number of likely N-dealkylation sites (N-methyl/N-ethyl adjacent to an activating group) is 1. The van der Waals surface area contributed by atoms with E-state index in [-0.39, 0.29) is 5.71 Å². The second-order valence-electron chi connectivity index (χ2n) is 2.60. The first-order valence-electron chi connectivity index (χ1n) is 3.26. The van der Waals surface area contributed by atoms with Crippen LogP contribution in [-0.2, 0) is 9.59 Å². The zero-order valence-electron chi connectivity index (χ0n) is 6.74. The molecule has 1 amide bonds. The van der Waals surface area contributed by atoms with Crippen LogP contribution in [0.1, 0.15) is 6.92 Å². The quantitative estimate of drug-likeness (QED) is 0.448. The van der Waals surface area contributed by atoms with Gasteiger partial charge in [-0.1, -0.05) is 0 Å². The van der Waals surface area contributed by atoms with Crippen LogP contribution in [0, 0.1) is 0 Å². The highest BCUT2D eigenvalue weighted by molar-refractivity contribution is 6.47. The summed E-state index contributed by atoms with van der Waals surface area (Å²) in [6, 6.07) is 0. The van der Waals surface area contributed by atoms with Gasteiger partial charge in [0.2, 0.25) is 5.72 Å². The van der Waals surface area contributed by atoms with Gasteiger partial charge < -0.3 is 5.11 Å². The molecule has 0 saturated carbocycles. The zero-order chi connectivity index (χ0) is 9.52. The first-order chi connectivity index (χ1) is 5.37. The number of hydrogen-bond donors (Lipinski definition) is 2. The fraction of sp³-hybridized carbons (Fsp3) is 0.500. The first kappa shape index (κ1) is 8.82. The minimum Gasteiger partial charge on any atom is -0.363 e. The lowest BCUT2D eigenvalue weighted by molar-refractivity contribution is -0.140. The molecule has 0 fully saturated rings. The average molecular weight is 171 g/mol. The van der Waals surface area contributed by atoms with Gasteiger partial charge in [-0.15, -0.1) is 0 Å². The molecule has 1 aliphatic heterocycles. The molecule has 1 rings (SSSR count). The SMILES string of the molecule is CC(=O)C1=NN(C)C(=O)C1(N)O. The molecule has 1 heterocycles. The number of hydrazone groups is 1. The molecule has 3 N–H and O–H groups in total. The van der Waals surface area contributed by atoms with E-state index in [0.29, 0.717) is 0 Å². The smallest absolute Gasteiger partial charge is 0.296 e. The fourth-order valence-electron chi connectivity index (χ4n) is 0.958. The summed E-state index contributed by atoms with van der Waals surface area (Å²) in [6.07, 6.45) is 0. The lowest BCUT2D eigenvalue weighted by Gasteiger charge is -2.14. The van der Waals surface area contributed by atoms with E-state index < -0.39 is 17.4 Å². The molecule has 66 valence electrons. The summed E-state index contributed by atoms with van der Waals surface area (Å²) in [4.78, 5) is 21.8. The molecule has 1 unspecified atom stereocenters. The van der Waals surface area contributed by atoms with E-state index in [1.807, 2.05) is 0 Å². The molecule has 1 aliphatic rings. The van der Waals surface area contributed by atoms with Gasteiger partial charge in [0.05, 0.1) is 0 Å². The Bertz CT molecular complexity index is 282. The minimum atomic E-state index is -2.25. The van der Waals surface area contributed by atoms with Crippen molar-refractivity contribution in [2.45, 2.75) is 12.6 Å². The lowest BCUT2D eigenvalue weighted by Crippen LogP contribution is -2.55. The molecule has 0 aromatic carbocycles. The summed E-state index contributed by atoms with van der Waals surface area (Å²) < 4.78 is 0. The van der Waals surface area contributed by atoms with E-state index in [9.17, 15) is 14.7 Å². The third-order valence-corrected chi connectivity index (χ3v) is 1.56. The number of ketones is 1. The van der Waals surface area contributed by atoms with Crippen molar-refractivity contribution < 1.29 is 14.7 Å². The summed E-state index contributed by atoms with van der Waals surface area (Å²) in [7, 11) is 1.32. The van der Waals surface area contributed by atoms with E-state index >= 15 is 0 Å². The summed E-state index contributed by atoms with van der Waals surface area (Å²) >= 11 is 0. The van der Waals surface area contributed by atoms with Crippen molar-refractivity contribution in [3.05, 3.63) is 0 Å². The molecular formula is C6H9N3O3. The normalized spacial score (nSPS) is 29.2. The molecule has 1 atom stereocenters. The molecule has 0 saturated heterocycles. The van der Waals surface area contributed by atoms with Crippen LogP contribution in [0.3, 0.4) is 0 Å². The Kier molecular flexibility index (Phi) is 1.73. The number of carbonyl (C=O) groups is 2. The third kappa shape index (κ3) is 1.01. The predicted molar refractivity (Wildman–Crippen MR) is 40.0 cm³/mol. The molecule has 0 aromatic rings. The van der Waals surface area contributed by atoms with Crippen LogP contribution in [0.5, 0.6) is 0 Å². The van der Waals surface area contributed by atoms with Gasteiger partial charge in [-0.05, 0) is 0 Å². The Balaban J connectivity index is 3.11. The van der Waals surface area contributed by atoms with E-state index in [1.54, 1.807) is 0 Å². The zero-order valence-corrected chi connectivity index (χ0v) is 6.74. The summed E-state index contributed by atoms with van der Waals surface area (Å²) in [5, 5.41) is 13.6. The maximum atomic E-state index is 11.0. The van der Waals surface area contributed by atoms with Gasteiger partial charge >= 0.3 is 0 Å². The van der Waals surface area contributed by atoms with E-state index in [2.05, 4.69) is 5.10 Å². The molecular weight excluding hydrogens is 162 g/mol. The van der Waals surface area contributed by atoms with Crippen molar-refractivity contribution in [1.29, 1.82) is 0 Å². The van der Waals surface area contributed by atoms with E-state index in [0.717, 1.165) is 5.01 Å². The Morgan fingerprint density at radius 2 is 2.25 bits per heavy atom. The van der Waals surface area contributed by atoms with Crippen molar-refractivity contribution in [1.82, 2.24) is 5.01 Å². The van der Waals surface area contributed by atoms with Gasteiger partial charge in [-0.25, -0.2) is 5.01 Å². The monoisotopic (exact) mass is 171 g/mol. The number of aliphatic hydroxyl groups is 1. The molecule has 0 spiro atoms. The van der Waals surface area contributed by atoms with Crippen molar-refractivity contribution in [3.8, 4) is 0 Å². The third-order valence-electron chi connectivity index (χ3n) is 1.56. The van der Waals surface area contributed by atoms with Gasteiger partial charge in [0.15, 0.2) is 11.5 Å². The highest BCUT2D eigenvalue weighted by Crippen LogP contribution is 2.13. The van der Waals surface area contributed by atoms with Crippen LogP contribution in [0.15, 0.2) is 5.10 Å².